The minimum Gasteiger partial charge on any atom is -0.457 e. The van der Waals surface area contributed by atoms with Crippen LogP contribution in [0.5, 0.6) is 11.5 Å². The molecule has 1 saturated heterocycles. The number of hydrogen-bond donors (Lipinski definition) is 1. The Morgan fingerprint density at radius 1 is 1.18 bits per heavy atom. The monoisotopic (exact) mass is 540 g/mol. The highest BCUT2D eigenvalue weighted by atomic mass is 19.1. The summed E-state index contributed by atoms with van der Waals surface area (Å²) in [6.07, 6.45) is 7.48. The van der Waals surface area contributed by atoms with Gasteiger partial charge in [0.2, 0.25) is 11.9 Å². The fourth-order valence-corrected chi connectivity index (χ4v) is 4.65. The average Bonchev–Trinajstić information content (AvgIpc) is 3.44. The van der Waals surface area contributed by atoms with E-state index in [1.807, 2.05) is 11.8 Å². The van der Waals surface area contributed by atoms with E-state index in [0.717, 1.165) is 0 Å². The first-order valence-corrected chi connectivity index (χ1v) is 12.6. The largest absolute Gasteiger partial charge is 0.457 e. The SMILES string of the molecule is C=CC(=O)N1CCN(c2ncc3ncnc(Nc4ccc(Oc5ccn6ncnc6c5)c(C)c4F)c3n2)[C@H](C)C1. The Balaban J connectivity index is 1.26. The molecule has 1 N–H and O–H groups in total. The van der Waals surface area contributed by atoms with Crippen molar-refractivity contribution in [2.45, 2.75) is 19.9 Å². The Kier molecular flexibility index (Phi) is 6.38. The second-order valence-electron chi connectivity index (χ2n) is 9.36. The van der Waals surface area contributed by atoms with E-state index in [4.69, 9.17) is 9.72 Å². The second-order valence-corrected chi connectivity index (χ2v) is 9.36. The van der Waals surface area contributed by atoms with Crippen LogP contribution in [0.15, 0.2) is 62.0 Å². The number of fused-ring (bicyclic) bond motifs is 2. The van der Waals surface area contributed by atoms with Crippen molar-refractivity contribution in [1.82, 2.24) is 39.4 Å². The Morgan fingerprint density at radius 2 is 2.05 bits per heavy atom. The molecule has 40 heavy (non-hydrogen) atoms. The van der Waals surface area contributed by atoms with Crippen molar-refractivity contribution in [3.8, 4) is 11.5 Å². The first-order valence-electron chi connectivity index (χ1n) is 12.6. The van der Waals surface area contributed by atoms with Crippen LogP contribution in [-0.4, -0.2) is 71.0 Å². The van der Waals surface area contributed by atoms with Crippen LogP contribution >= 0.6 is 0 Å². The molecular formula is C27H25FN10O2. The number of nitrogens with zero attached hydrogens (tertiary/aromatic N) is 9. The summed E-state index contributed by atoms with van der Waals surface area (Å²) in [6, 6.07) is 6.70. The van der Waals surface area contributed by atoms with E-state index < -0.39 is 5.82 Å². The van der Waals surface area contributed by atoms with Gasteiger partial charge in [0.15, 0.2) is 17.3 Å². The number of carbonyl (C=O) groups excluding carboxylic acids is 1. The van der Waals surface area contributed by atoms with Crippen LogP contribution < -0.4 is 15.0 Å². The molecule has 1 fully saturated rings. The fraction of sp³-hybridized carbons (Fsp3) is 0.222. The molecule has 4 aromatic heterocycles. The van der Waals surface area contributed by atoms with E-state index in [2.05, 4.69) is 36.9 Å². The molecule has 1 aliphatic heterocycles. The van der Waals surface area contributed by atoms with Gasteiger partial charge in [-0.15, -0.1) is 0 Å². The van der Waals surface area contributed by atoms with Gasteiger partial charge in [-0.05, 0) is 38.1 Å². The smallest absolute Gasteiger partial charge is 0.246 e. The molecule has 0 unspecified atom stereocenters. The first kappa shape index (κ1) is 25.1. The number of halogens is 1. The first-order chi connectivity index (χ1) is 19.4. The lowest BCUT2D eigenvalue weighted by molar-refractivity contribution is -0.126. The molecule has 0 bridgehead atoms. The molecule has 0 saturated carbocycles. The molecular weight excluding hydrogens is 515 g/mol. The number of nitrogens with one attached hydrogen (secondary N) is 1. The summed E-state index contributed by atoms with van der Waals surface area (Å²) >= 11 is 0. The van der Waals surface area contributed by atoms with E-state index in [0.29, 0.717) is 65.1 Å². The van der Waals surface area contributed by atoms with Gasteiger partial charge in [0.05, 0.1) is 11.9 Å². The standard InChI is InChI=1S/C27H25FN10O2/c1-4-23(39)36-9-10-37(16(2)13-36)27-29-12-20-25(35-27)26(32-14-30-20)34-19-5-6-21(17(3)24(19)28)40-18-7-8-38-22(11-18)31-15-33-38/h4-8,11-12,14-16H,1,9-10,13H2,2-3H3,(H,30,32,34)/t16-/m1/s1. The van der Waals surface area contributed by atoms with E-state index in [9.17, 15) is 4.79 Å². The summed E-state index contributed by atoms with van der Waals surface area (Å²) in [5, 5.41) is 7.12. The molecule has 1 amide bonds. The summed E-state index contributed by atoms with van der Waals surface area (Å²) in [4.78, 5) is 37.8. The zero-order valence-electron chi connectivity index (χ0n) is 21.8. The van der Waals surface area contributed by atoms with Gasteiger partial charge in [0.1, 0.15) is 35.2 Å². The quantitative estimate of drug-likeness (QED) is 0.319. The molecule has 0 aliphatic carbocycles. The Bertz CT molecular complexity index is 1760. The van der Waals surface area contributed by atoms with Gasteiger partial charge in [-0.25, -0.2) is 33.8 Å². The molecule has 5 aromatic rings. The highest BCUT2D eigenvalue weighted by molar-refractivity contribution is 5.88. The summed E-state index contributed by atoms with van der Waals surface area (Å²) < 4.78 is 23.1. The Labute approximate surface area is 228 Å². The molecule has 6 rings (SSSR count). The zero-order chi connectivity index (χ0) is 27.8. The van der Waals surface area contributed by atoms with Crippen molar-refractivity contribution in [2.24, 2.45) is 0 Å². The van der Waals surface area contributed by atoms with Crippen molar-refractivity contribution in [1.29, 1.82) is 0 Å². The van der Waals surface area contributed by atoms with Crippen molar-refractivity contribution in [3.63, 3.8) is 0 Å². The predicted octanol–water partition coefficient (Wildman–Crippen LogP) is 3.67. The van der Waals surface area contributed by atoms with Crippen LogP contribution in [-0.2, 0) is 4.79 Å². The third-order valence-electron chi connectivity index (χ3n) is 6.81. The molecule has 0 radical (unpaired) electrons. The van der Waals surface area contributed by atoms with Crippen molar-refractivity contribution < 1.29 is 13.9 Å². The van der Waals surface area contributed by atoms with Crippen LogP contribution in [0, 0.1) is 12.7 Å². The van der Waals surface area contributed by atoms with E-state index >= 15 is 4.39 Å². The lowest BCUT2D eigenvalue weighted by atomic mass is 10.1. The molecule has 202 valence electrons. The summed E-state index contributed by atoms with van der Waals surface area (Å²) in [5.74, 6) is 1.11. The Hall–Kier alpha value is -5.20. The highest BCUT2D eigenvalue weighted by Gasteiger charge is 2.28. The molecule has 12 nitrogen and oxygen atoms in total. The lowest BCUT2D eigenvalue weighted by Crippen LogP contribution is -2.54. The molecule has 0 spiro atoms. The topological polar surface area (TPSA) is 127 Å². The van der Waals surface area contributed by atoms with Gasteiger partial charge >= 0.3 is 0 Å². The van der Waals surface area contributed by atoms with E-state index in [1.165, 1.54) is 18.7 Å². The van der Waals surface area contributed by atoms with Gasteiger partial charge in [-0.3, -0.25) is 4.79 Å². The summed E-state index contributed by atoms with van der Waals surface area (Å²) in [7, 11) is 0. The molecule has 1 aliphatic rings. The average molecular weight is 541 g/mol. The van der Waals surface area contributed by atoms with Gasteiger partial charge in [0.25, 0.3) is 0 Å². The number of piperazine rings is 1. The number of aromatic nitrogens is 7. The van der Waals surface area contributed by atoms with E-state index in [1.54, 1.807) is 53.0 Å². The predicted molar refractivity (Wildman–Crippen MR) is 146 cm³/mol. The third-order valence-corrected chi connectivity index (χ3v) is 6.81. The molecule has 5 heterocycles. The molecule has 1 atom stereocenters. The maximum absolute atomic E-state index is 15.5. The van der Waals surface area contributed by atoms with Gasteiger partial charge < -0.3 is 19.9 Å². The normalized spacial score (nSPS) is 15.4. The number of anilines is 3. The maximum atomic E-state index is 15.5. The van der Waals surface area contributed by atoms with E-state index in [-0.39, 0.29) is 17.6 Å². The van der Waals surface area contributed by atoms with Gasteiger partial charge in [-0.2, -0.15) is 5.10 Å². The second kappa shape index (κ2) is 10.2. The summed E-state index contributed by atoms with van der Waals surface area (Å²) in [6.45, 7) is 8.82. The highest BCUT2D eigenvalue weighted by Crippen LogP contribution is 2.33. The maximum Gasteiger partial charge on any atom is 0.246 e. The van der Waals surface area contributed by atoms with Crippen LogP contribution in [0.3, 0.4) is 0 Å². The Morgan fingerprint density at radius 3 is 2.88 bits per heavy atom. The van der Waals surface area contributed by atoms with Crippen molar-refractivity contribution >= 4 is 40.0 Å². The number of hydrogen-bond acceptors (Lipinski definition) is 10. The number of benzene rings is 1. The lowest BCUT2D eigenvalue weighted by Gasteiger charge is -2.39. The third kappa shape index (κ3) is 4.61. The number of rotatable bonds is 6. The van der Waals surface area contributed by atoms with Gasteiger partial charge in [0, 0.05) is 43.5 Å². The van der Waals surface area contributed by atoms with Crippen LogP contribution in [0.25, 0.3) is 16.7 Å². The zero-order valence-corrected chi connectivity index (χ0v) is 21.8. The van der Waals surface area contributed by atoms with Gasteiger partial charge in [-0.1, -0.05) is 6.58 Å². The molecule has 13 heteroatoms. The number of pyridine rings is 1. The minimum atomic E-state index is -0.487. The minimum absolute atomic E-state index is 0.0192. The van der Waals surface area contributed by atoms with Crippen molar-refractivity contribution in [2.75, 3.05) is 29.9 Å². The van der Waals surface area contributed by atoms with Crippen LogP contribution in [0.4, 0.5) is 21.8 Å². The number of amides is 1. The summed E-state index contributed by atoms with van der Waals surface area (Å²) in [5.41, 5.74) is 2.11. The molecule has 1 aromatic carbocycles. The number of carbonyl (C=O) groups is 1. The fourth-order valence-electron chi connectivity index (χ4n) is 4.65. The van der Waals surface area contributed by atoms with Crippen LogP contribution in [0.2, 0.25) is 0 Å². The van der Waals surface area contributed by atoms with Crippen molar-refractivity contribution in [3.05, 3.63) is 73.3 Å². The van der Waals surface area contributed by atoms with Crippen LogP contribution in [0.1, 0.15) is 12.5 Å². The number of ether oxygens (including phenoxy) is 1.